The number of ether oxygens (including phenoxy) is 1. The van der Waals surface area contributed by atoms with Crippen LogP contribution in [0.25, 0.3) is 0 Å². The highest BCUT2D eigenvalue weighted by Gasteiger charge is 2.41. The Morgan fingerprint density at radius 3 is 2.73 bits per heavy atom. The molecule has 0 bridgehead atoms. The summed E-state index contributed by atoms with van der Waals surface area (Å²) in [6.07, 6.45) is 1.00. The monoisotopic (exact) mass is 452 g/mol. The highest BCUT2D eigenvalue weighted by molar-refractivity contribution is 7.99. The summed E-state index contributed by atoms with van der Waals surface area (Å²) in [6.45, 7) is 2.44. The van der Waals surface area contributed by atoms with Gasteiger partial charge in [0.25, 0.3) is 10.0 Å². The van der Waals surface area contributed by atoms with Crippen molar-refractivity contribution in [2.24, 2.45) is 0 Å². The van der Waals surface area contributed by atoms with Gasteiger partial charge in [-0.25, -0.2) is 13.2 Å². The van der Waals surface area contributed by atoms with Crippen LogP contribution in [-0.2, 0) is 19.6 Å². The lowest BCUT2D eigenvalue weighted by Gasteiger charge is -2.22. The summed E-state index contributed by atoms with van der Waals surface area (Å²) in [6, 6.07) is 11.5. The van der Waals surface area contributed by atoms with Gasteiger partial charge < -0.3 is 14.5 Å². The molecule has 1 atom stereocenters. The van der Waals surface area contributed by atoms with E-state index in [1.54, 1.807) is 18.7 Å². The Morgan fingerprint density at radius 2 is 2.00 bits per heavy atom. The van der Waals surface area contributed by atoms with E-state index in [0.717, 1.165) is 9.20 Å². The van der Waals surface area contributed by atoms with E-state index in [-0.39, 0.29) is 29.9 Å². The van der Waals surface area contributed by atoms with Crippen LogP contribution < -0.4 is 5.32 Å². The van der Waals surface area contributed by atoms with Crippen molar-refractivity contribution in [3.8, 4) is 0 Å². The van der Waals surface area contributed by atoms with E-state index >= 15 is 0 Å². The number of furan rings is 1. The Balaban J connectivity index is 1.59. The molecule has 3 rings (SSSR count). The van der Waals surface area contributed by atoms with Gasteiger partial charge in [-0.1, -0.05) is 18.2 Å². The Kier molecular flexibility index (Phi) is 7.57. The molecule has 10 heteroatoms. The topological polar surface area (TPSA) is 106 Å². The molecule has 2 aromatic rings. The third-order valence-electron chi connectivity index (χ3n) is 4.54. The van der Waals surface area contributed by atoms with E-state index < -0.39 is 22.0 Å². The van der Waals surface area contributed by atoms with Gasteiger partial charge in [-0.2, -0.15) is 4.31 Å². The van der Waals surface area contributed by atoms with E-state index in [1.165, 1.54) is 12.1 Å². The van der Waals surface area contributed by atoms with Crippen molar-refractivity contribution in [2.45, 2.75) is 35.8 Å². The van der Waals surface area contributed by atoms with Crippen molar-refractivity contribution in [3.63, 3.8) is 0 Å². The minimum atomic E-state index is -4.04. The number of amides is 1. The predicted octanol–water partition coefficient (Wildman–Crippen LogP) is 2.52. The minimum absolute atomic E-state index is 0.151. The molecule has 1 aromatic carbocycles. The summed E-state index contributed by atoms with van der Waals surface area (Å²) in [5.41, 5.74) is 0. The van der Waals surface area contributed by atoms with Gasteiger partial charge in [0.1, 0.15) is 6.04 Å². The van der Waals surface area contributed by atoms with Crippen molar-refractivity contribution in [2.75, 3.05) is 25.4 Å². The number of carbonyl (C=O) groups is 2. The van der Waals surface area contributed by atoms with Gasteiger partial charge in [0.05, 0.1) is 6.61 Å². The number of hydrogen-bond acceptors (Lipinski definition) is 7. The molecule has 1 saturated heterocycles. The first-order chi connectivity index (χ1) is 14.4. The van der Waals surface area contributed by atoms with Crippen molar-refractivity contribution in [3.05, 3.63) is 48.2 Å². The first kappa shape index (κ1) is 22.4. The van der Waals surface area contributed by atoms with Gasteiger partial charge >= 0.3 is 5.97 Å². The summed E-state index contributed by atoms with van der Waals surface area (Å²) in [5.74, 6) is -0.572. The molecule has 30 heavy (non-hydrogen) atoms. The number of nitrogens with zero attached hydrogens (tertiary/aromatic N) is 1. The van der Waals surface area contributed by atoms with E-state index in [2.05, 4.69) is 5.32 Å². The molecule has 1 aliphatic heterocycles. The van der Waals surface area contributed by atoms with Crippen LogP contribution in [0, 0.1) is 0 Å². The molecule has 0 aliphatic carbocycles. The van der Waals surface area contributed by atoms with Crippen LogP contribution >= 0.6 is 11.8 Å². The molecule has 2 heterocycles. The molecule has 1 fully saturated rings. The van der Waals surface area contributed by atoms with Crippen molar-refractivity contribution in [1.29, 1.82) is 0 Å². The van der Waals surface area contributed by atoms with Crippen LogP contribution in [0.3, 0.4) is 0 Å². The van der Waals surface area contributed by atoms with E-state index in [9.17, 15) is 18.0 Å². The van der Waals surface area contributed by atoms with Gasteiger partial charge in [0, 0.05) is 23.7 Å². The number of hydrogen-bond donors (Lipinski definition) is 1. The summed E-state index contributed by atoms with van der Waals surface area (Å²) in [7, 11) is -4.04. The molecule has 0 radical (unpaired) electrons. The molecule has 0 spiro atoms. The average Bonchev–Trinajstić information content (AvgIpc) is 3.42. The van der Waals surface area contributed by atoms with Crippen molar-refractivity contribution >= 4 is 33.7 Å². The summed E-state index contributed by atoms with van der Waals surface area (Å²) in [4.78, 5) is 25.5. The van der Waals surface area contributed by atoms with Crippen LogP contribution in [0.4, 0.5) is 0 Å². The number of esters is 1. The molecule has 1 N–H and O–H groups in total. The third-order valence-corrected chi connectivity index (χ3v) is 7.34. The zero-order valence-electron chi connectivity index (χ0n) is 16.6. The number of rotatable bonds is 9. The molecule has 1 aromatic heterocycles. The summed E-state index contributed by atoms with van der Waals surface area (Å²) in [5, 5.41) is 2.45. The zero-order chi connectivity index (χ0) is 21.6. The molecular formula is C20H24N2O6S2. The molecule has 1 aliphatic rings. The molecule has 1 unspecified atom stereocenters. The smallest absolute Gasteiger partial charge is 0.374 e. The van der Waals surface area contributed by atoms with Crippen LogP contribution in [-0.4, -0.2) is 56.1 Å². The Labute approximate surface area is 180 Å². The van der Waals surface area contributed by atoms with Gasteiger partial charge in [-0.3, -0.25) is 4.79 Å². The molecule has 0 saturated carbocycles. The fraction of sp³-hybridized carbons (Fsp3) is 0.400. The zero-order valence-corrected chi connectivity index (χ0v) is 18.2. The molecule has 1 amide bonds. The fourth-order valence-electron chi connectivity index (χ4n) is 3.15. The van der Waals surface area contributed by atoms with Crippen LogP contribution in [0.1, 0.15) is 30.3 Å². The first-order valence-corrected chi connectivity index (χ1v) is 12.1. The highest BCUT2D eigenvalue weighted by atomic mass is 32.2. The number of nitrogens with one attached hydrogen (secondary N) is 1. The standard InChI is InChI=1S/C20H24N2O6S2/c1-2-27-20(24)17-10-11-18(28-17)30(25,26)22-13-6-9-16(22)19(23)21-12-14-29-15-7-4-3-5-8-15/h3-5,7-8,10-11,16H,2,6,9,12-14H2,1H3,(H,21,23). The number of benzene rings is 1. The fourth-order valence-corrected chi connectivity index (χ4v) is 5.52. The number of thioether (sulfide) groups is 1. The lowest BCUT2D eigenvalue weighted by atomic mass is 10.2. The lowest BCUT2D eigenvalue weighted by molar-refractivity contribution is -0.124. The minimum Gasteiger partial charge on any atom is -0.460 e. The van der Waals surface area contributed by atoms with E-state index in [0.29, 0.717) is 25.1 Å². The van der Waals surface area contributed by atoms with Crippen LogP contribution in [0.5, 0.6) is 0 Å². The molecule has 162 valence electrons. The second kappa shape index (κ2) is 10.1. The maximum absolute atomic E-state index is 13.0. The number of carbonyl (C=O) groups excluding carboxylic acids is 2. The maximum atomic E-state index is 13.0. The van der Waals surface area contributed by atoms with Crippen molar-refractivity contribution < 1.29 is 27.2 Å². The van der Waals surface area contributed by atoms with Gasteiger partial charge in [0.2, 0.25) is 16.8 Å². The van der Waals surface area contributed by atoms with Gasteiger partial charge in [-0.05, 0) is 44.0 Å². The average molecular weight is 453 g/mol. The normalized spacial score (nSPS) is 17.0. The van der Waals surface area contributed by atoms with Crippen LogP contribution in [0.2, 0.25) is 0 Å². The molecule has 8 nitrogen and oxygen atoms in total. The summed E-state index contributed by atoms with van der Waals surface area (Å²) < 4.78 is 37.1. The highest BCUT2D eigenvalue weighted by Crippen LogP contribution is 2.27. The number of sulfonamides is 1. The second-order valence-corrected chi connectivity index (χ2v) is 9.56. The van der Waals surface area contributed by atoms with Gasteiger partial charge in [-0.15, -0.1) is 11.8 Å². The van der Waals surface area contributed by atoms with Gasteiger partial charge in [0.15, 0.2) is 0 Å². The first-order valence-electron chi connectivity index (χ1n) is 9.68. The Morgan fingerprint density at radius 1 is 1.23 bits per heavy atom. The summed E-state index contributed by atoms with van der Waals surface area (Å²) >= 11 is 1.61. The SMILES string of the molecule is CCOC(=O)c1ccc(S(=O)(=O)N2CCCC2C(=O)NCCSc2ccccc2)o1. The quantitative estimate of drug-likeness (QED) is 0.354. The maximum Gasteiger partial charge on any atom is 0.374 e. The van der Waals surface area contributed by atoms with Crippen LogP contribution in [0.15, 0.2) is 56.9 Å². The third kappa shape index (κ3) is 5.24. The Hall–Kier alpha value is -2.30. The van der Waals surface area contributed by atoms with E-state index in [1.807, 2.05) is 30.3 Å². The molecular weight excluding hydrogens is 428 g/mol. The van der Waals surface area contributed by atoms with E-state index in [4.69, 9.17) is 9.15 Å². The second-order valence-electron chi connectivity index (χ2n) is 6.57. The predicted molar refractivity (Wildman–Crippen MR) is 112 cm³/mol. The van der Waals surface area contributed by atoms with Crippen molar-refractivity contribution in [1.82, 2.24) is 9.62 Å². The Bertz CT molecular complexity index is 974. The largest absolute Gasteiger partial charge is 0.460 e. The lowest BCUT2D eigenvalue weighted by Crippen LogP contribution is -2.46.